The molecule has 5 atom stereocenters. The van der Waals surface area contributed by atoms with Crippen LogP contribution in [0.4, 0.5) is 0 Å². The van der Waals surface area contributed by atoms with Gasteiger partial charge in [0.15, 0.2) is 17.8 Å². The van der Waals surface area contributed by atoms with Gasteiger partial charge in [0.2, 0.25) is 0 Å². The summed E-state index contributed by atoms with van der Waals surface area (Å²) in [5, 5.41) is 48.2. The Hall–Kier alpha value is -1.42. The van der Waals surface area contributed by atoms with Gasteiger partial charge >= 0.3 is 0 Å². The molecule has 130 valence electrons. The van der Waals surface area contributed by atoms with Gasteiger partial charge in [0, 0.05) is 0 Å². The van der Waals surface area contributed by atoms with Gasteiger partial charge in [-0.2, -0.15) is 0 Å². The van der Waals surface area contributed by atoms with Crippen LogP contribution < -0.4 is 4.74 Å². The number of aliphatic hydroxyl groups excluding tert-OH is 4. The molecule has 2 rings (SSSR count). The summed E-state index contributed by atoms with van der Waals surface area (Å²) in [6.45, 7) is -0.368. The van der Waals surface area contributed by atoms with E-state index in [0.717, 1.165) is 5.56 Å². The third-order valence-electron chi connectivity index (χ3n) is 3.78. The fourth-order valence-electron chi connectivity index (χ4n) is 2.47. The highest BCUT2D eigenvalue weighted by Crippen LogP contribution is 2.27. The van der Waals surface area contributed by atoms with E-state index < -0.39 is 37.3 Å². The monoisotopic (exact) mass is 330 g/mol. The maximum absolute atomic E-state index is 9.99. The van der Waals surface area contributed by atoms with Crippen molar-refractivity contribution in [2.45, 2.75) is 37.1 Å². The molecule has 8 nitrogen and oxygen atoms in total. The summed E-state index contributed by atoms with van der Waals surface area (Å²) in [5.74, 6) is 0.366. The Bertz CT molecular complexity index is 508. The van der Waals surface area contributed by atoms with Crippen LogP contribution in [-0.2, 0) is 15.9 Å². The van der Waals surface area contributed by atoms with E-state index in [1.54, 1.807) is 12.1 Å². The van der Waals surface area contributed by atoms with Crippen LogP contribution in [0.15, 0.2) is 18.2 Å². The molecule has 1 aromatic rings. The molecule has 1 aromatic carbocycles. The zero-order valence-electron chi connectivity index (χ0n) is 12.7. The minimum atomic E-state index is -1.54. The predicted octanol–water partition coefficient (Wildman–Crippen LogP) is -1.24. The van der Waals surface area contributed by atoms with Crippen LogP contribution >= 0.6 is 0 Å². The molecule has 1 heterocycles. The number of aromatic hydroxyl groups is 1. The van der Waals surface area contributed by atoms with Crippen LogP contribution in [0.1, 0.15) is 5.56 Å². The second-order valence-electron chi connectivity index (χ2n) is 5.32. The van der Waals surface area contributed by atoms with Crippen LogP contribution in [0.3, 0.4) is 0 Å². The van der Waals surface area contributed by atoms with Gasteiger partial charge in [0.25, 0.3) is 0 Å². The molecule has 1 aliphatic rings. The number of methoxy groups -OCH3 is 1. The molecule has 1 aliphatic heterocycles. The first kappa shape index (κ1) is 17.9. The molecule has 0 unspecified atom stereocenters. The van der Waals surface area contributed by atoms with Crippen molar-refractivity contribution in [2.75, 3.05) is 20.3 Å². The molecule has 0 bridgehead atoms. The van der Waals surface area contributed by atoms with Crippen molar-refractivity contribution < 1.29 is 39.7 Å². The van der Waals surface area contributed by atoms with Gasteiger partial charge in [-0.25, -0.2) is 0 Å². The van der Waals surface area contributed by atoms with Crippen molar-refractivity contribution in [1.82, 2.24) is 0 Å². The van der Waals surface area contributed by atoms with Crippen molar-refractivity contribution >= 4 is 0 Å². The van der Waals surface area contributed by atoms with Crippen molar-refractivity contribution in [2.24, 2.45) is 0 Å². The van der Waals surface area contributed by atoms with Crippen LogP contribution in [-0.4, -0.2) is 76.6 Å². The fourth-order valence-corrected chi connectivity index (χ4v) is 2.47. The third kappa shape index (κ3) is 4.11. The Balaban J connectivity index is 1.92. The lowest BCUT2D eigenvalue weighted by Crippen LogP contribution is -2.59. The van der Waals surface area contributed by atoms with E-state index in [2.05, 4.69) is 0 Å². The number of benzene rings is 1. The zero-order chi connectivity index (χ0) is 17.0. The molecular formula is C15H22O8. The van der Waals surface area contributed by atoms with E-state index in [9.17, 15) is 20.4 Å². The average molecular weight is 330 g/mol. The Morgan fingerprint density at radius 3 is 2.52 bits per heavy atom. The zero-order valence-corrected chi connectivity index (χ0v) is 12.7. The Morgan fingerprint density at radius 2 is 1.91 bits per heavy atom. The predicted molar refractivity (Wildman–Crippen MR) is 78.1 cm³/mol. The number of aliphatic hydroxyl groups is 4. The van der Waals surface area contributed by atoms with Gasteiger partial charge in [-0.3, -0.25) is 0 Å². The molecular weight excluding hydrogens is 308 g/mol. The van der Waals surface area contributed by atoms with Gasteiger partial charge in [0.05, 0.1) is 20.3 Å². The van der Waals surface area contributed by atoms with Crippen molar-refractivity contribution in [1.29, 1.82) is 0 Å². The summed E-state index contributed by atoms with van der Waals surface area (Å²) in [6.07, 6.45) is -5.91. The Kier molecular flexibility index (Phi) is 6.17. The molecule has 23 heavy (non-hydrogen) atoms. The van der Waals surface area contributed by atoms with E-state index in [0.29, 0.717) is 12.2 Å². The number of phenolic OH excluding ortho intramolecular Hbond substituents is 1. The molecule has 5 N–H and O–H groups in total. The minimum absolute atomic E-state index is 0.00639. The van der Waals surface area contributed by atoms with Gasteiger partial charge in [0.1, 0.15) is 24.4 Å². The molecule has 0 saturated carbocycles. The largest absolute Gasteiger partial charge is 0.504 e. The highest BCUT2D eigenvalue weighted by molar-refractivity contribution is 5.41. The lowest BCUT2D eigenvalue weighted by atomic mass is 9.99. The summed E-state index contributed by atoms with van der Waals surface area (Å²) >= 11 is 0. The van der Waals surface area contributed by atoms with E-state index in [1.807, 2.05) is 0 Å². The highest BCUT2D eigenvalue weighted by Gasteiger charge is 2.44. The maximum atomic E-state index is 9.99. The molecule has 0 spiro atoms. The summed E-state index contributed by atoms with van der Waals surface area (Å²) in [4.78, 5) is 0. The van der Waals surface area contributed by atoms with Crippen molar-refractivity contribution in [3.05, 3.63) is 23.8 Å². The second-order valence-corrected chi connectivity index (χ2v) is 5.32. The normalized spacial score (nSPS) is 31.1. The first-order chi connectivity index (χ1) is 11.0. The number of ether oxygens (including phenoxy) is 3. The Morgan fingerprint density at radius 1 is 1.17 bits per heavy atom. The van der Waals surface area contributed by atoms with E-state index in [-0.39, 0.29) is 12.4 Å². The van der Waals surface area contributed by atoms with Crippen LogP contribution in [0.5, 0.6) is 11.5 Å². The molecule has 0 radical (unpaired) electrons. The van der Waals surface area contributed by atoms with Crippen molar-refractivity contribution in [3.63, 3.8) is 0 Å². The van der Waals surface area contributed by atoms with E-state index in [1.165, 1.54) is 13.2 Å². The minimum Gasteiger partial charge on any atom is -0.504 e. The molecule has 0 aliphatic carbocycles. The Labute approximate surface area is 133 Å². The number of rotatable bonds is 6. The molecule has 0 aromatic heterocycles. The quantitative estimate of drug-likeness (QED) is 0.438. The number of phenols is 1. The fraction of sp³-hybridized carbons (Fsp3) is 0.600. The second kappa shape index (κ2) is 7.91. The highest BCUT2D eigenvalue weighted by atomic mass is 16.6. The molecule has 0 amide bonds. The summed E-state index contributed by atoms with van der Waals surface area (Å²) in [6, 6.07) is 4.91. The summed E-state index contributed by atoms with van der Waals surface area (Å²) in [7, 11) is 1.45. The summed E-state index contributed by atoms with van der Waals surface area (Å²) < 4.78 is 15.3. The van der Waals surface area contributed by atoms with Gasteiger partial charge in [-0.1, -0.05) is 6.07 Å². The lowest BCUT2D eigenvalue weighted by Gasteiger charge is -2.39. The maximum Gasteiger partial charge on any atom is 0.184 e. The van der Waals surface area contributed by atoms with Gasteiger partial charge < -0.3 is 39.7 Å². The summed E-state index contributed by atoms with van der Waals surface area (Å²) in [5.41, 5.74) is 0.776. The number of hydrogen-bond donors (Lipinski definition) is 5. The molecule has 1 saturated heterocycles. The smallest absolute Gasteiger partial charge is 0.184 e. The van der Waals surface area contributed by atoms with Gasteiger partial charge in [-0.15, -0.1) is 0 Å². The van der Waals surface area contributed by atoms with Gasteiger partial charge in [-0.05, 0) is 24.1 Å². The molecule has 8 heteroatoms. The first-order valence-corrected chi connectivity index (χ1v) is 7.26. The van der Waals surface area contributed by atoms with E-state index in [4.69, 9.17) is 19.3 Å². The first-order valence-electron chi connectivity index (χ1n) is 7.26. The third-order valence-corrected chi connectivity index (χ3v) is 3.78. The standard InChI is InChI=1S/C15H22O8/c1-21-10-3-2-8(6-9(10)17)4-5-22-14-12(18)11(7-16)23-15(20)13(14)19/h2-3,6,11-20H,4-5,7H2,1H3/t11-,12-,13-,14+,15-/m1/s1. The lowest BCUT2D eigenvalue weighted by molar-refractivity contribution is -0.294. The SMILES string of the molecule is COc1ccc(CCO[C@@H]2[C@@H](O)[C@H](O)O[C@H](CO)[C@H]2O)cc1O. The van der Waals surface area contributed by atoms with Crippen LogP contribution in [0.2, 0.25) is 0 Å². The number of hydrogen-bond acceptors (Lipinski definition) is 8. The average Bonchev–Trinajstić information content (AvgIpc) is 2.54. The topological polar surface area (TPSA) is 129 Å². The van der Waals surface area contributed by atoms with Crippen LogP contribution in [0.25, 0.3) is 0 Å². The molecule has 1 fully saturated rings. The van der Waals surface area contributed by atoms with Crippen molar-refractivity contribution in [3.8, 4) is 11.5 Å². The van der Waals surface area contributed by atoms with Crippen LogP contribution in [0, 0.1) is 0 Å². The van der Waals surface area contributed by atoms with E-state index >= 15 is 0 Å².